The number of hydrogen-bond donors (Lipinski definition) is 1. The largest absolute Gasteiger partial charge is 0.330 e. The van der Waals surface area contributed by atoms with E-state index >= 15 is 0 Å². The van der Waals surface area contributed by atoms with E-state index in [1.807, 2.05) is 0 Å². The third kappa shape index (κ3) is 1.21. The van der Waals surface area contributed by atoms with Crippen LogP contribution < -0.4 is 5.73 Å². The lowest BCUT2D eigenvalue weighted by Crippen LogP contribution is -2.21. The van der Waals surface area contributed by atoms with Crippen LogP contribution in [0.1, 0.15) is 18.4 Å². The molecule has 1 aliphatic rings. The number of rotatable bonds is 2. The lowest BCUT2D eigenvalue weighted by atomic mass is 9.95. The summed E-state index contributed by atoms with van der Waals surface area (Å²) in [5.41, 5.74) is 5.24. The van der Waals surface area contributed by atoms with Crippen molar-refractivity contribution < 1.29 is 13.2 Å². The molecule has 1 aliphatic carbocycles. The first kappa shape index (κ1) is 9.52. The highest BCUT2D eigenvalue weighted by atomic mass is 19.2. The van der Waals surface area contributed by atoms with Crippen molar-refractivity contribution in [3.63, 3.8) is 0 Å². The summed E-state index contributed by atoms with van der Waals surface area (Å²) < 4.78 is 38.8. The van der Waals surface area contributed by atoms with Gasteiger partial charge < -0.3 is 5.73 Å². The zero-order valence-electron chi connectivity index (χ0n) is 7.49. The molecule has 1 saturated carbocycles. The van der Waals surface area contributed by atoms with Crippen LogP contribution in [-0.4, -0.2) is 6.54 Å². The highest BCUT2D eigenvalue weighted by molar-refractivity contribution is 5.34. The lowest BCUT2D eigenvalue weighted by molar-refractivity contribution is 0.433. The van der Waals surface area contributed by atoms with Gasteiger partial charge in [-0.2, -0.15) is 0 Å². The van der Waals surface area contributed by atoms with Crippen LogP contribution in [0.4, 0.5) is 13.2 Å². The topological polar surface area (TPSA) is 26.0 Å². The summed E-state index contributed by atoms with van der Waals surface area (Å²) in [7, 11) is 0. The van der Waals surface area contributed by atoms with Gasteiger partial charge in [-0.3, -0.25) is 0 Å². The summed E-state index contributed by atoms with van der Waals surface area (Å²) in [4.78, 5) is 0. The highest BCUT2D eigenvalue weighted by Gasteiger charge is 2.45. The minimum atomic E-state index is -1.40. The van der Waals surface area contributed by atoms with Gasteiger partial charge >= 0.3 is 0 Å². The molecule has 0 saturated heterocycles. The van der Waals surface area contributed by atoms with Crippen LogP contribution in [0.2, 0.25) is 0 Å². The lowest BCUT2D eigenvalue weighted by Gasteiger charge is -2.13. The van der Waals surface area contributed by atoms with Gasteiger partial charge in [0.05, 0.1) is 0 Å². The van der Waals surface area contributed by atoms with Crippen LogP contribution >= 0.6 is 0 Å². The second-order valence-electron chi connectivity index (χ2n) is 3.71. The third-order valence-corrected chi connectivity index (χ3v) is 2.85. The monoisotopic (exact) mass is 201 g/mol. The second-order valence-corrected chi connectivity index (χ2v) is 3.71. The number of benzene rings is 1. The van der Waals surface area contributed by atoms with Crippen molar-refractivity contribution in [1.82, 2.24) is 0 Å². The summed E-state index contributed by atoms with van der Waals surface area (Å²) in [5, 5.41) is 0. The summed E-state index contributed by atoms with van der Waals surface area (Å²) in [6.45, 7) is 0.273. The summed E-state index contributed by atoms with van der Waals surface area (Å²) >= 11 is 0. The van der Waals surface area contributed by atoms with Crippen LogP contribution in [0.25, 0.3) is 0 Å². The molecule has 0 atom stereocenters. The van der Waals surface area contributed by atoms with E-state index < -0.39 is 22.9 Å². The van der Waals surface area contributed by atoms with Crippen LogP contribution in [0, 0.1) is 17.5 Å². The van der Waals surface area contributed by atoms with Crippen molar-refractivity contribution in [2.75, 3.05) is 6.54 Å². The van der Waals surface area contributed by atoms with Gasteiger partial charge in [0, 0.05) is 12.0 Å². The first-order valence-electron chi connectivity index (χ1n) is 4.45. The molecule has 4 heteroatoms. The molecule has 0 aliphatic heterocycles. The Balaban J connectivity index is 2.50. The van der Waals surface area contributed by atoms with Gasteiger partial charge in [0.25, 0.3) is 0 Å². The standard InChI is InChI=1S/C10H10F3N/c11-7-2-1-6(8(12)9(7)13)10(5-14)3-4-10/h1-2H,3-5,14H2. The molecule has 0 heterocycles. The van der Waals surface area contributed by atoms with Gasteiger partial charge in [0.1, 0.15) is 0 Å². The molecule has 1 aromatic rings. The van der Waals surface area contributed by atoms with E-state index in [4.69, 9.17) is 5.73 Å². The molecular weight excluding hydrogens is 191 g/mol. The predicted octanol–water partition coefficient (Wildman–Crippen LogP) is 2.09. The molecule has 0 aromatic heterocycles. The first-order valence-corrected chi connectivity index (χ1v) is 4.45. The van der Waals surface area contributed by atoms with Crippen molar-refractivity contribution in [1.29, 1.82) is 0 Å². The van der Waals surface area contributed by atoms with E-state index in [-0.39, 0.29) is 12.1 Å². The van der Waals surface area contributed by atoms with E-state index in [2.05, 4.69) is 0 Å². The first-order chi connectivity index (χ1) is 6.60. The molecule has 0 radical (unpaired) electrons. The molecule has 0 spiro atoms. The Morgan fingerprint density at radius 1 is 1.14 bits per heavy atom. The van der Waals surface area contributed by atoms with E-state index in [9.17, 15) is 13.2 Å². The van der Waals surface area contributed by atoms with Gasteiger partial charge in [-0.25, -0.2) is 13.2 Å². The quantitative estimate of drug-likeness (QED) is 0.728. The summed E-state index contributed by atoms with van der Waals surface area (Å²) in [5.74, 6) is -3.64. The molecule has 0 amide bonds. The maximum absolute atomic E-state index is 13.3. The van der Waals surface area contributed by atoms with Crippen molar-refractivity contribution >= 4 is 0 Å². The van der Waals surface area contributed by atoms with Crippen LogP contribution in [0.3, 0.4) is 0 Å². The smallest absolute Gasteiger partial charge is 0.194 e. The molecule has 0 unspecified atom stereocenters. The van der Waals surface area contributed by atoms with Crippen molar-refractivity contribution in [3.05, 3.63) is 35.1 Å². The fourth-order valence-electron chi connectivity index (χ4n) is 1.67. The summed E-state index contributed by atoms with van der Waals surface area (Å²) in [6, 6.07) is 2.23. The Bertz CT molecular complexity index is 372. The maximum Gasteiger partial charge on any atom is 0.194 e. The van der Waals surface area contributed by atoms with Gasteiger partial charge in [-0.1, -0.05) is 6.07 Å². The average Bonchev–Trinajstić information content (AvgIpc) is 2.95. The average molecular weight is 201 g/mol. The SMILES string of the molecule is NCC1(c2ccc(F)c(F)c2F)CC1. The van der Waals surface area contributed by atoms with Crippen LogP contribution in [0.5, 0.6) is 0 Å². The van der Waals surface area contributed by atoms with Crippen molar-refractivity contribution in [2.45, 2.75) is 18.3 Å². The molecule has 1 fully saturated rings. The van der Waals surface area contributed by atoms with Crippen molar-refractivity contribution in [3.8, 4) is 0 Å². The van der Waals surface area contributed by atoms with Gasteiger partial charge in [0.2, 0.25) is 0 Å². The van der Waals surface area contributed by atoms with E-state index in [0.29, 0.717) is 0 Å². The zero-order chi connectivity index (χ0) is 10.3. The van der Waals surface area contributed by atoms with Crippen LogP contribution in [0.15, 0.2) is 12.1 Å². The number of nitrogens with two attached hydrogens (primary N) is 1. The molecule has 0 bridgehead atoms. The van der Waals surface area contributed by atoms with E-state index in [0.717, 1.165) is 18.9 Å². The highest BCUT2D eigenvalue weighted by Crippen LogP contribution is 2.48. The van der Waals surface area contributed by atoms with Crippen LogP contribution in [-0.2, 0) is 5.41 Å². The predicted molar refractivity (Wildman–Crippen MR) is 46.3 cm³/mol. The molecule has 76 valence electrons. The number of halogens is 3. The van der Waals surface area contributed by atoms with Crippen molar-refractivity contribution in [2.24, 2.45) is 5.73 Å². The Hall–Kier alpha value is -1.03. The Morgan fingerprint density at radius 3 is 2.29 bits per heavy atom. The maximum atomic E-state index is 13.3. The second kappa shape index (κ2) is 2.98. The molecule has 2 N–H and O–H groups in total. The molecule has 1 nitrogen and oxygen atoms in total. The molecule has 14 heavy (non-hydrogen) atoms. The third-order valence-electron chi connectivity index (χ3n) is 2.85. The van der Waals surface area contributed by atoms with Gasteiger partial charge in [-0.15, -0.1) is 0 Å². The minimum Gasteiger partial charge on any atom is -0.330 e. The van der Waals surface area contributed by atoms with Gasteiger partial charge in [0.15, 0.2) is 17.5 Å². The fourth-order valence-corrected chi connectivity index (χ4v) is 1.67. The molecule has 2 rings (SSSR count). The Kier molecular flexibility index (Phi) is 2.03. The molecule has 1 aromatic carbocycles. The normalized spacial score (nSPS) is 18.3. The Labute approximate surface area is 79.7 Å². The fraction of sp³-hybridized carbons (Fsp3) is 0.400. The number of hydrogen-bond acceptors (Lipinski definition) is 1. The summed E-state index contributed by atoms with van der Waals surface area (Å²) in [6.07, 6.45) is 1.48. The Morgan fingerprint density at radius 2 is 1.79 bits per heavy atom. The van der Waals surface area contributed by atoms with E-state index in [1.165, 1.54) is 6.07 Å². The van der Waals surface area contributed by atoms with E-state index in [1.54, 1.807) is 0 Å². The minimum absolute atomic E-state index is 0.207. The van der Waals surface area contributed by atoms with Gasteiger partial charge in [-0.05, 0) is 24.5 Å². The zero-order valence-corrected chi connectivity index (χ0v) is 7.49. The molecular formula is C10H10F3N.